The second kappa shape index (κ2) is 25.8. The van der Waals surface area contributed by atoms with E-state index >= 15 is 0 Å². The summed E-state index contributed by atoms with van der Waals surface area (Å²) in [6.07, 6.45) is 41.5. The molecule has 1 aromatic heterocycles. The van der Waals surface area contributed by atoms with Gasteiger partial charge < -0.3 is 0 Å². The van der Waals surface area contributed by atoms with Gasteiger partial charge in [0.15, 0.2) is 0 Å². The predicted molar refractivity (Wildman–Crippen MR) is 161 cm³/mol. The van der Waals surface area contributed by atoms with Gasteiger partial charge in [0.2, 0.25) is 0 Å². The van der Waals surface area contributed by atoms with Crippen LogP contribution in [0.1, 0.15) is 187 Å². The first kappa shape index (κ1) is 33.2. The Bertz CT molecular complexity index is 562. The Kier molecular flexibility index (Phi) is 23.9. The van der Waals surface area contributed by atoms with Crippen molar-refractivity contribution in [1.82, 2.24) is 4.57 Å². The first-order chi connectivity index (χ1) is 17.8. The third kappa shape index (κ3) is 18.5. The summed E-state index contributed by atoms with van der Waals surface area (Å²) in [4.78, 5) is 0. The summed E-state index contributed by atoms with van der Waals surface area (Å²) >= 11 is 0. The third-order valence-corrected chi connectivity index (χ3v) is 8.10. The van der Waals surface area contributed by atoms with Gasteiger partial charge in [-0.25, -0.2) is 9.13 Å². The minimum absolute atomic E-state index is 1.22. The summed E-state index contributed by atoms with van der Waals surface area (Å²) in [5, 5.41) is 0. The van der Waals surface area contributed by atoms with Gasteiger partial charge in [-0.1, -0.05) is 149 Å². The lowest BCUT2D eigenvalue weighted by molar-refractivity contribution is -0.704. The lowest BCUT2D eigenvalue weighted by Crippen LogP contribution is -2.37. The van der Waals surface area contributed by atoms with Crippen LogP contribution in [-0.4, -0.2) is 4.57 Å². The van der Waals surface area contributed by atoms with Gasteiger partial charge >= 0.3 is 0 Å². The SMILES string of the molecule is CCCCCCCCCCCCCCCCCCn1cc[n+](CCCCCCCCC)c1CCCC. The van der Waals surface area contributed by atoms with Crippen LogP contribution in [0.25, 0.3) is 0 Å². The van der Waals surface area contributed by atoms with Crippen LogP contribution in [0.3, 0.4) is 0 Å². The minimum atomic E-state index is 1.22. The van der Waals surface area contributed by atoms with E-state index in [2.05, 4.69) is 42.3 Å². The average Bonchev–Trinajstić information content (AvgIpc) is 3.27. The van der Waals surface area contributed by atoms with Gasteiger partial charge in [-0.05, 0) is 32.1 Å². The van der Waals surface area contributed by atoms with E-state index in [1.54, 1.807) is 5.82 Å². The van der Waals surface area contributed by atoms with Gasteiger partial charge in [0.25, 0.3) is 5.82 Å². The Hall–Kier alpha value is -0.790. The van der Waals surface area contributed by atoms with E-state index in [-0.39, 0.29) is 0 Å². The van der Waals surface area contributed by atoms with Crippen LogP contribution in [0.15, 0.2) is 12.4 Å². The molecule has 1 aromatic rings. The molecule has 0 spiro atoms. The van der Waals surface area contributed by atoms with Crippen molar-refractivity contribution in [3.63, 3.8) is 0 Å². The van der Waals surface area contributed by atoms with Gasteiger partial charge in [-0.2, -0.15) is 0 Å². The molecule has 0 fully saturated rings. The molecule has 0 N–H and O–H groups in total. The molecule has 0 atom stereocenters. The maximum atomic E-state index is 2.58. The summed E-state index contributed by atoms with van der Waals surface area (Å²) < 4.78 is 5.16. The van der Waals surface area contributed by atoms with Crippen LogP contribution in [0, 0.1) is 0 Å². The molecule has 0 aliphatic heterocycles. The number of rotatable bonds is 28. The molecular formula is C34H67N2+. The standard InChI is InChI=1S/C34H67N2/c1-4-7-10-12-14-15-16-17-18-19-20-21-22-24-26-28-31-36-33-32-35(34(36)29-9-6-3)30-27-25-23-13-11-8-5-2/h32-33H,4-31H2,1-3H3/q+1. The predicted octanol–water partition coefficient (Wildman–Crippen LogP) is 11.1. The first-order valence-corrected chi connectivity index (χ1v) is 16.9. The van der Waals surface area contributed by atoms with Crippen LogP contribution in [0.2, 0.25) is 0 Å². The van der Waals surface area contributed by atoms with Crippen molar-refractivity contribution in [2.45, 2.75) is 201 Å². The second-order valence-electron chi connectivity index (χ2n) is 11.6. The van der Waals surface area contributed by atoms with Crippen molar-refractivity contribution in [2.24, 2.45) is 0 Å². The molecule has 0 bridgehead atoms. The van der Waals surface area contributed by atoms with Crippen LogP contribution >= 0.6 is 0 Å². The third-order valence-electron chi connectivity index (χ3n) is 8.10. The van der Waals surface area contributed by atoms with Crippen molar-refractivity contribution in [2.75, 3.05) is 0 Å². The molecular weight excluding hydrogens is 436 g/mol. The zero-order chi connectivity index (χ0) is 25.9. The van der Waals surface area contributed by atoms with E-state index in [0.29, 0.717) is 0 Å². The van der Waals surface area contributed by atoms with Crippen LogP contribution in [0.4, 0.5) is 0 Å². The number of unbranched alkanes of at least 4 members (excludes halogenated alkanes) is 22. The summed E-state index contributed by atoms with van der Waals surface area (Å²) in [6, 6.07) is 0. The average molecular weight is 504 g/mol. The smallest absolute Gasteiger partial charge is 0.234 e. The number of aromatic nitrogens is 2. The molecule has 1 heterocycles. The first-order valence-electron chi connectivity index (χ1n) is 16.9. The Morgan fingerprint density at radius 3 is 1.31 bits per heavy atom. The minimum Gasteiger partial charge on any atom is -0.234 e. The molecule has 1 rings (SSSR count). The summed E-state index contributed by atoms with van der Waals surface area (Å²) in [5.41, 5.74) is 0. The van der Waals surface area contributed by atoms with Crippen LogP contribution < -0.4 is 4.57 Å². The monoisotopic (exact) mass is 504 g/mol. The molecule has 0 unspecified atom stereocenters. The number of hydrogen-bond acceptors (Lipinski definition) is 0. The van der Waals surface area contributed by atoms with E-state index in [1.165, 1.54) is 180 Å². The van der Waals surface area contributed by atoms with Gasteiger partial charge in [0.1, 0.15) is 12.4 Å². The number of hydrogen-bond donors (Lipinski definition) is 0. The Balaban J connectivity index is 2.06. The van der Waals surface area contributed by atoms with Crippen LogP contribution in [-0.2, 0) is 19.5 Å². The maximum Gasteiger partial charge on any atom is 0.256 e. The second-order valence-corrected chi connectivity index (χ2v) is 11.6. The van der Waals surface area contributed by atoms with E-state index in [1.807, 2.05) is 0 Å². The van der Waals surface area contributed by atoms with Crippen LogP contribution in [0.5, 0.6) is 0 Å². The Labute approximate surface area is 228 Å². The van der Waals surface area contributed by atoms with Gasteiger partial charge in [0, 0.05) is 6.42 Å². The highest BCUT2D eigenvalue weighted by Gasteiger charge is 2.16. The lowest BCUT2D eigenvalue weighted by atomic mass is 10.0. The largest absolute Gasteiger partial charge is 0.256 e. The van der Waals surface area contributed by atoms with E-state index < -0.39 is 0 Å². The van der Waals surface area contributed by atoms with Crippen molar-refractivity contribution in [1.29, 1.82) is 0 Å². The quantitative estimate of drug-likeness (QED) is 0.0794. The summed E-state index contributed by atoms with van der Waals surface area (Å²) in [5.74, 6) is 1.59. The van der Waals surface area contributed by atoms with E-state index in [0.717, 1.165) is 0 Å². The molecule has 36 heavy (non-hydrogen) atoms. The van der Waals surface area contributed by atoms with E-state index in [9.17, 15) is 0 Å². The molecule has 0 saturated carbocycles. The zero-order valence-electron chi connectivity index (χ0n) is 25.3. The highest BCUT2D eigenvalue weighted by atomic mass is 15.1. The van der Waals surface area contributed by atoms with Gasteiger partial charge in [0.05, 0.1) is 13.1 Å². The molecule has 2 heteroatoms. The van der Waals surface area contributed by atoms with Gasteiger partial charge in [-0.3, -0.25) is 0 Å². The summed E-state index contributed by atoms with van der Waals surface area (Å²) in [7, 11) is 0. The lowest BCUT2D eigenvalue weighted by Gasteiger charge is -2.06. The summed E-state index contributed by atoms with van der Waals surface area (Å²) in [6.45, 7) is 9.38. The molecule has 0 amide bonds. The van der Waals surface area contributed by atoms with Crippen molar-refractivity contribution < 1.29 is 4.57 Å². The zero-order valence-corrected chi connectivity index (χ0v) is 25.3. The van der Waals surface area contributed by atoms with Crippen molar-refractivity contribution >= 4 is 0 Å². The molecule has 0 aliphatic carbocycles. The molecule has 0 aliphatic rings. The van der Waals surface area contributed by atoms with E-state index in [4.69, 9.17) is 0 Å². The molecule has 0 aromatic carbocycles. The fourth-order valence-electron chi connectivity index (χ4n) is 5.60. The topological polar surface area (TPSA) is 8.81 Å². The Morgan fingerprint density at radius 2 is 0.861 bits per heavy atom. The van der Waals surface area contributed by atoms with Crippen molar-refractivity contribution in [3.05, 3.63) is 18.2 Å². The normalized spacial score (nSPS) is 11.5. The van der Waals surface area contributed by atoms with Crippen molar-refractivity contribution in [3.8, 4) is 0 Å². The van der Waals surface area contributed by atoms with Gasteiger partial charge in [-0.15, -0.1) is 0 Å². The maximum absolute atomic E-state index is 2.58. The fraction of sp³-hybridized carbons (Fsp3) is 0.912. The molecule has 0 radical (unpaired) electrons. The Morgan fingerprint density at radius 1 is 0.472 bits per heavy atom. The molecule has 212 valence electrons. The number of nitrogens with zero attached hydrogens (tertiary/aromatic N) is 2. The molecule has 0 saturated heterocycles. The number of aryl methyl sites for hydroxylation is 2. The fourth-order valence-corrected chi connectivity index (χ4v) is 5.60. The highest BCUT2D eigenvalue weighted by molar-refractivity contribution is 4.84. The number of imidazole rings is 1. The highest BCUT2D eigenvalue weighted by Crippen LogP contribution is 2.14. The molecule has 2 nitrogen and oxygen atoms in total.